The zero-order valence-corrected chi connectivity index (χ0v) is 10.0. The van der Waals surface area contributed by atoms with Crippen molar-refractivity contribution in [2.24, 2.45) is 0 Å². The van der Waals surface area contributed by atoms with E-state index in [1.165, 1.54) is 6.07 Å². The molecule has 1 aliphatic carbocycles. The van der Waals surface area contributed by atoms with E-state index in [2.05, 4.69) is 10.6 Å². The van der Waals surface area contributed by atoms with Crippen LogP contribution in [0.5, 0.6) is 0 Å². The molecule has 3 nitrogen and oxygen atoms in total. The van der Waals surface area contributed by atoms with Gasteiger partial charge >= 0.3 is 6.03 Å². The number of hydrogen-bond acceptors (Lipinski definition) is 1. The summed E-state index contributed by atoms with van der Waals surface area (Å²) in [6.07, 6.45) is 4.32. The molecule has 0 atom stereocenters. The van der Waals surface area contributed by atoms with Crippen LogP contribution in [0.3, 0.4) is 0 Å². The minimum absolute atomic E-state index is 0.190. The molecule has 18 heavy (non-hydrogen) atoms. The molecular weight excluding hydrogens is 238 g/mol. The smallest absolute Gasteiger partial charge is 0.315 e. The van der Waals surface area contributed by atoms with Gasteiger partial charge in [-0.3, -0.25) is 0 Å². The molecule has 0 radical (unpaired) electrons. The van der Waals surface area contributed by atoms with Crippen LogP contribution in [0.25, 0.3) is 0 Å². The molecule has 1 fully saturated rings. The molecule has 2 N–H and O–H groups in total. The fourth-order valence-corrected chi connectivity index (χ4v) is 2.14. The van der Waals surface area contributed by atoms with Gasteiger partial charge in [0.1, 0.15) is 0 Å². The Morgan fingerprint density at radius 1 is 1.22 bits per heavy atom. The lowest BCUT2D eigenvalue weighted by Gasteiger charge is -2.13. The van der Waals surface area contributed by atoms with Crippen molar-refractivity contribution in [1.29, 1.82) is 0 Å². The minimum Gasteiger partial charge on any atom is -0.335 e. The Kier molecular flexibility index (Phi) is 4.12. The van der Waals surface area contributed by atoms with Gasteiger partial charge in [0.15, 0.2) is 11.6 Å². The van der Waals surface area contributed by atoms with Crippen molar-refractivity contribution in [3.63, 3.8) is 0 Å². The third kappa shape index (κ3) is 3.42. The molecule has 0 spiro atoms. The van der Waals surface area contributed by atoms with E-state index >= 15 is 0 Å². The summed E-state index contributed by atoms with van der Waals surface area (Å²) in [6, 6.07) is 3.59. The van der Waals surface area contributed by atoms with E-state index in [0.717, 1.165) is 37.8 Å². The first-order chi connectivity index (χ1) is 8.65. The minimum atomic E-state index is -0.898. The Balaban J connectivity index is 1.79. The second kappa shape index (κ2) is 5.80. The highest BCUT2D eigenvalue weighted by atomic mass is 19.2. The van der Waals surface area contributed by atoms with Crippen molar-refractivity contribution in [3.05, 3.63) is 35.4 Å². The second-order valence-corrected chi connectivity index (χ2v) is 4.56. The van der Waals surface area contributed by atoms with Crippen LogP contribution in [0, 0.1) is 11.6 Å². The van der Waals surface area contributed by atoms with Gasteiger partial charge in [-0.2, -0.15) is 0 Å². The lowest BCUT2D eigenvalue weighted by molar-refractivity contribution is 0.236. The molecule has 5 heteroatoms. The van der Waals surface area contributed by atoms with Crippen LogP contribution in [0.1, 0.15) is 31.2 Å². The SMILES string of the molecule is O=C(NCc1ccc(F)c(F)c1)NC1CCCC1. The Hall–Kier alpha value is -1.65. The highest BCUT2D eigenvalue weighted by molar-refractivity contribution is 5.74. The van der Waals surface area contributed by atoms with Crippen molar-refractivity contribution in [2.75, 3.05) is 0 Å². The van der Waals surface area contributed by atoms with Crippen LogP contribution in [-0.2, 0) is 6.54 Å². The van der Waals surface area contributed by atoms with E-state index in [1.807, 2.05) is 0 Å². The molecule has 98 valence electrons. The summed E-state index contributed by atoms with van der Waals surface area (Å²) in [4.78, 5) is 11.5. The summed E-state index contributed by atoms with van der Waals surface area (Å²) in [6.45, 7) is 0.190. The molecule has 2 rings (SSSR count). The van der Waals surface area contributed by atoms with Crippen molar-refractivity contribution < 1.29 is 13.6 Å². The summed E-state index contributed by atoms with van der Waals surface area (Å²) in [5.74, 6) is -1.78. The standard InChI is InChI=1S/C13H16F2N2O/c14-11-6-5-9(7-12(11)15)8-16-13(18)17-10-3-1-2-4-10/h5-7,10H,1-4,8H2,(H2,16,17,18). The molecule has 0 aromatic heterocycles. The molecule has 1 saturated carbocycles. The van der Waals surface area contributed by atoms with Gasteiger partial charge in [0.2, 0.25) is 0 Å². The summed E-state index contributed by atoms with van der Waals surface area (Å²) in [7, 11) is 0. The number of halogens is 2. The number of nitrogens with one attached hydrogen (secondary N) is 2. The molecule has 0 aliphatic heterocycles. The van der Waals surface area contributed by atoms with E-state index in [9.17, 15) is 13.6 Å². The lowest BCUT2D eigenvalue weighted by Crippen LogP contribution is -2.40. The number of rotatable bonds is 3. The van der Waals surface area contributed by atoms with E-state index in [4.69, 9.17) is 0 Å². The predicted octanol–water partition coefficient (Wildman–Crippen LogP) is 2.71. The Bertz CT molecular complexity index is 431. The summed E-state index contributed by atoms with van der Waals surface area (Å²) in [5.41, 5.74) is 0.537. The maximum absolute atomic E-state index is 12.9. The zero-order chi connectivity index (χ0) is 13.0. The quantitative estimate of drug-likeness (QED) is 0.855. The van der Waals surface area contributed by atoms with Crippen LogP contribution < -0.4 is 10.6 Å². The molecule has 0 unspecified atom stereocenters. The maximum Gasteiger partial charge on any atom is 0.315 e. The lowest BCUT2D eigenvalue weighted by atomic mass is 10.2. The fraction of sp³-hybridized carbons (Fsp3) is 0.462. The number of urea groups is 1. The van der Waals surface area contributed by atoms with Crippen molar-refractivity contribution >= 4 is 6.03 Å². The maximum atomic E-state index is 12.9. The van der Waals surface area contributed by atoms with Crippen LogP contribution in [0.4, 0.5) is 13.6 Å². The Morgan fingerprint density at radius 2 is 1.94 bits per heavy atom. The average molecular weight is 254 g/mol. The number of hydrogen-bond donors (Lipinski definition) is 2. The highest BCUT2D eigenvalue weighted by Crippen LogP contribution is 2.17. The van der Waals surface area contributed by atoms with Gasteiger partial charge in [0.25, 0.3) is 0 Å². The van der Waals surface area contributed by atoms with Crippen LogP contribution in [-0.4, -0.2) is 12.1 Å². The molecule has 1 aromatic rings. The molecule has 1 aromatic carbocycles. The van der Waals surface area contributed by atoms with Crippen LogP contribution >= 0.6 is 0 Å². The van der Waals surface area contributed by atoms with Gasteiger partial charge in [-0.25, -0.2) is 13.6 Å². The fourth-order valence-electron chi connectivity index (χ4n) is 2.14. The van der Waals surface area contributed by atoms with Gasteiger partial charge in [0.05, 0.1) is 0 Å². The first kappa shape index (κ1) is 12.8. The monoisotopic (exact) mass is 254 g/mol. The largest absolute Gasteiger partial charge is 0.335 e. The van der Waals surface area contributed by atoms with E-state index in [-0.39, 0.29) is 18.6 Å². The molecule has 2 amide bonds. The first-order valence-corrected chi connectivity index (χ1v) is 6.13. The van der Waals surface area contributed by atoms with Crippen molar-refractivity contribution in [2.45, 2.75) is 38.3 Å². The third-order valence-electron chi connectivity index (χ3n) is 3.13. The number of benzene rings is 1. The third-order valence-corrected chi connectivity index (χ3v) is 3.13. The predicted molar refractivity (Wildman–Crippen MR) is 64.0 cm³/mol. The van der Waals surface area contributed by atoms with Crippen molar-refractivity contribution in [3.8, 4) is 0 Å². The average Bonchev–Trinajstić information content (AvgIpc) is 2.83. The van der Waals surface area contributed by atoms with E-state index in [1.54, 1.807) is 0 Å². The topological polar surface area (TPSA) is 41.1 Å². The molecular formula is C13H16F2N2O. The molecule has 0 saturated heterocycles. The number of amides is 2. The summed E-state index contributed by atoms with van der Waals surface area (Å²) >= 11 is 0. The van der Waals surface area contributed by atoms with Crippen LogP contribution in [0.2, 0.25) is 0 Å². The Morgan fingerprint density at radius 3 is 2.61 bits per heavy atom. The van der Waals surface area contributed by atoms with E-state index in [0.29, 0.717) is 5.56 Å². The molecule has 0 bridgehead atoms. The van der Waals surface area contributed by atoms with Gasteiger partial charge in [-0.1, -0.05) is 18.9 Å². The van der Waals surface area contributed by atoms with Gasteiger partial charge < -0.3 is 10.6 Å². The number of carbonyl (C=O) groups excluding carboxylic acids is 1. The van der Waals surface area contributed by atoms with Gasteiger partial charge in [-0.15, -0.1) is 0 Å². The van der Waals surface area contributed by atoms with Crippen LogP contribution in [0.15, 0.2) is 18.2 Å². The first-order valence-electron chi connectivity index (χ1n) is 6.13. The molecule has 1 aliphatic rings. The summed E-state index contributed by atoms with van der Waals surface area (Å²) < 4.78 is 25.6. The zero-order valence-electron chi connectivity index (χ0n) is 10.0. The van der Waals surface area contributed by atoms with E-state index < -0.39 is 11.6 Å². The Labute approximate surface area is 105 Å². The highest BCUT2D eigenvalue weighted by Gasteiger charge is 2.16. The molecule has 0 heterocycles. The van der Waals surface area contributed by atoms with Gasteiger partial charge in [-0.05, 0) is 30.5 Å². The normalized spacial score (nSPS) is 15.7. The van der Waals surface area contributed by atoms with Crippen molar-refractivity contribution in [1.82, 2.24) is 10.6 Å². The number of carbonyl (C=O) groups is 1. The second-order valence-electron chi connectivity index (χ2n) is 4.56. The van der Waals surface area contributed by atoms with Gasteiger partial charge in [0, 0.05) is 12.6 Å². The summed E-state index contributed by atoms with van der Waals surface area (Å²) in [5, 5.41) is 5.49.